The lowest BCUT2D eigenvalue weighted by Crippen LogP contribution is -2.49. The zero-order valence-corrected chi connectivity index (χ0v) is 12.9. The highest BCUT2D eigenvalue weighted by atomic mass is 35.5. The normalized spacial score (nSPS) is 22.7. The molecule has 0 aliphatic carbocycles. The van der Waals surface area contributed by atoms with Gasteiger partial charge in [0.15, 0.2) is 8.32 Å². The van der Waals surface area contributed by atoms with E-state index in [1.807, 2.05) is 0 Å². The van der Waals surface area contributed by atoms with Crippen molar-refractivity contribution in [2.45, 2.75) is 44.9 Å². The molecule has 0 radical (unpaired) electrons. The molecule has 1 aliphatic rings. The molecule has 98 valence electrons. The van der Waals surface area contributed by atoms with E-state index in [1.54, 1.807) is 0 Å². The first-order valence-corrected chi connectivity index (χ1v) is 8.69. The largest absolute Gasteiger partial charge is 0.415 e. The quantitative estimate of drug-likeness (QED) is 0.797. The number of nitrogens with one attached hydrogen (secondary N) is 1. The van der Waals surface area contributed by atoms with E-state index in [-0.39, 0.29) is 12.4 Å². The molecule has 1 rings (SSSR count). The third-order valence-electron chi connectivity index (χ3n) is 3.45. The maximum absolute atomic E-state index is 6.13. The lowest BCUT2D eigenvalue weighted by Gasteiger charge is -2.37. The molecule has 0 bridgehead atoms. The maximum atomic E-state index is 6.13. The van der Waals surface area contributed by atoms with Gasteiger partial charge in [-0.15, -0.1) is 12.4 Å². The van der Waals surface area contributed by atoms with Crippen molar-refractivity contribution in [2.75, 3.05) is 26.4 Å². The van der Waals surface area contributed by atoms with Crippen LogP contribution in [0.1, 0.15) is 20.8 Å². The van der Waals surface area contributed by atoms with Crippen LogP contribution >= 0.6 is 12.4 Å². The van der Waals surface area contributed by atoms with E-state index >= 15 is 0 Å². The van der Waals surface area contributed by atoms with Gasteiger partial charge in [0.25, 0.3) is 0 Å². The number of hydrogen-bond donors (Lipinski definition) is 1. The molecule has 0 unspecified atom stereocenters. The predicted molar refractivity (Wildman–Crippen MR) is 73.0 cm³/mol. The number of halogens is 1. The van der Waals surface area contributed by atoms with Gasteiger partial charge >= 0.3 is 0 Å². The molecule has 0 spiro atoms. The molecule has 16 heavy (non-hydrogen) atoms. The van der Waals surface area contributed by atoms with Gasteiger partial charge in [0.1, 0.15) is 0 Å². The lowest BCUT2D eigenvalue weighted by molar-refractivity contribution is 0.0569. The minimum absolute atomic E-state index is 0. The van der Waals surface area contributed by atoms with Gasteiger partial charge in [0.2, 0.25) is 0 Å². The first-order valence-electron chi connectivity index (χ1n) is 5.78. The van der Waals surface area contributed by atoms with Gasteiger partial charge < -0.3 is 14.5 Å². The number of morpholine rings is 1. The molecule has 0 amide bonds. The minimum Gasteiger partial charge on any atom is -0.415 e. The summed E-state index contributed by atoms with van der Waals surface area (Å²) in [5.41, 5.74) is 0. The van der Waals surface area contributed by atoms with E-state index in [9.17, 15) is 0 Å². The van der Waals surface area contributed by atoms with Gasteiger partial charge in [-0.2, -0.15) is 0 Å². The van der Waals surface area contributed by atoms with E-state index < -0.39 is 8.32 Å². The van der Waals surface area contributed by atoms with Gasteiger partial charge in [-0.05, 0) is 18.1 Å². The van der Waals surface area contributed by atoms with Crippen molar-refractivity contribution < 1.29 is 9.16 Å². The fraction of sp³-hybridized carbons (Fsp3) is 1.00. The zero-order valence-electron chi connectivity index (χ0n) is 11.1. The van der Waals surface area contributed by atoms with Crippen LogP contribution in [-0.2, 0) is 9.16 Å². The molecular weight excluding hydrogens is 242 g/mol. The second-order valence-corrected chi connectivity index (χ2v) is 10.6. The molecule has 0 saturated carbocycles. The molecule has 1 heterocycles. The molecule has 1 N–H and O–H groups in total. The molecule has 0 aromatic carbocycles. The summed E-state index contributed by atoms with van der Waals surface area (Å²) < 4.78 is 11.5. The Morgan fingerprint density at radius 3 is 2.44 bits per heavy atom. The summed E-state index contributed by atoms with van der Waals surface area (Å²) in [7, 11) is -1.58. The van der Waals surface area contributed by atoms with E-state index in [4.69, 9.17) is 9.16 Å². The fourth-order valence-corrected chi connectivity index (χ4v) is 2.30. The Balaban J connectivity index is 0.00000225. The zero-order chi connectivity index (χ0) is 11.5. The Morgan fingerprint density at radius 1 is 1.38 bits per heavy atom. The van der Waals surface area contributed by atoms with E-state index in [1.165, 1.54) is 0 Å². The number of hydrogen-bond acceptors (Lipinski definition) is 3. The van der Waals surface area contributed by atoms with Crippen LogP contribution in [-0.4, -0.2) is 40.7 Å². The Morgan fingerprint density at radius 2 is 2.00 bits per heavy atom. The van der Waals surface area contributed by atoms with Crippen molar-refractivity contribution >= 4 is 20.7 Å². The second-order valence-electron chi connectivity index (χ2n) is 5.80. The fourth-order valence-electron chi connectivity index (χ4n) is 1.25. The van der Waals surface area contributed by atoms with Crippen LogP contribution in [0.25, 0.3) is 0 Å². The standard InChI is InChI=1S/C11H25NO2Si.ClH/c1-11(2,3)15(4,5)14-9-10-8-13-7-6-12-10;/h10,12H,6-9H2,1-5H3;1H/t10-;/m0./s1. The summed E-state index contributed by atoms with van der Waals surface area (Å²) in [6, 6.07) is 0.382. The maximum Gasteiger partial charge on any atom is 0.192 e. The van der Waals surface area contributed by atoms with Crippen molar-refractivity contribution in [3.63, 3.8) is 0 Å². The highest BCUT2D eigenvalue weighted by Gasteiger charge is 2.37. The van der Waals surface area contributed by atoms with Crippen LogP contribution in [0.2, 0.25) is 18.1 Å². The SMILES string of the molecule is CC(C)(C)[Si](C)(C)OC[C@@H]1COCCN1.Cl. The van der Waals surface area contributed by atoms with Crippen LogP contribution in [0.3, 0.4) is 0 Å². The molecular formula is C11H26ClNO2Si. The Hall–Kier alpha value is 0.387. The molecule has 0 aromatic heterocycles. The first-order chi connectivity index (χ1) is 6.83. The van der Waals surface area contributed by atoms with Gasteiger partial charge in [-0.1, -0.05) is 20.8 Å². The van der Waals surface area contributed by atoms with Crippen LogP contribution in [0.5, 0.6) is 0 Å². The summed E-state index contributed by atoms with van der Waals surface area (Å²) in [6.45, 7) is 14.7. The molecule has 5 heteroatoms. The van der Waals surface area contributed by atoms with Crippen LogP contribution < -0.4 is 5.32 Å². The number of rotatable bonds is 3. The predicted octanol–water partition coefficient (Wildman–Crippen LogP) is 2.42. The third-order valence-corrected chi connectivity index (χ3v) is 7.95. The average Bonchev–Trinajstić information content (AvgIpc) is 2.15. The van der Waals surface area contributed by atoms with Gasteiger partial charge in [0.05, 0.1) is 25.9 Å². The van der Waals surface area contributed by atoms with Crippen LogP contribution in [0.15, 0.2) is 0 Å². The minimum atomic E-state index is -1.58. The van der Waals surface area contributed by atoms with Gasteiger partial charge in [0, 0.05) is 6.54 Å². The van der Waals surface area contributed by atoms with Crippen molar-refractivity contribution in [3.05, 3.63) is 0 Å². The summed E-state index contributed by atoms with van der Waals surface area (Å²) in [4.78, 5) is 0. The molecule has 1 fully saturated rings. The van der Waals surface area contributed by atoms with Crippen LogP contribution in [0, 0.1) is 0 Å². The second kappa shape index (κ2) is 6.35. The lowest BCUT2D eigenvalue weighted by atomic mass is 10.2. The van der Waals surface area contributed by atoms with Gasteiger partial charge in [-0.25, -0.2) is 0 Å². The highest BCUT2D eigenvalue weighted by Crippen LogP contribution is 2.36. The summed E-state index contributed by atoms with van der Waals surface area (Å²) in [5.74, 6) is 0. The summed E-state index contributed by atoms with van der Waals surface area (Å²) >= 11 is 0. The third kappa shape index (κ3) is 4.71. The highest BCUT2D eigenvalue weighted by molar-refractivity contribution is 6.74. The molecule has 3 nitrogen and oxygen atoms in total. The monoisotopic (exact) mass is 267 g/mol. The van der Waals surface area contributed by atoms with E-state index in [0.29, 0.717) is 11.1 Å². The Bertz CT molecular complexity index is 201. The Labute approximate surface area is 107 Å². The van der Waals surface area contributed by atoms with Crippen molar-refractivity contribution in [1.29, 1.82) is 0 Å². The van der Waals surface area contributed by atoms with Crippen molar-refractivity contribution in [1.82, 2.24) is 5.32 Å². The van der Waals surface area contributed by atoms with Crippen LogP contribution in [0.4, 0.5) is 0 Å². The average molecular weight is 268 g/mol. The first kappa shape index (κ1) is 16.4. The summed E-state index contributed by atoms with van der Waals surface area (Å²) in [5, 5.41) is 3.71. The molecule has 1 saturated heterocycles. The molecule has 1 atom stereocenters. The van der Waals surface area contributed by atoms with Gasteiger partial charge in [-0.3, -0.25) is 0 Å². The smallest absolute Gasteiger partial charge is 0.192 e. The van der Waals surface area contributed by atoms with E-state index in [2.05, 4.69) is 39.2 Å². The Kier molecular flexibility index (Phi) is 6.51. The summed E-state index contributed by atoms with van der Waals surface area (Å²) in [6.07, 6.45) is 0. The van der Waals surface area contributed by atoms with Crippen molar-refractivity contribution in [2.24, 2.45) is 0 Å². The van der Waals surface area contributed by atoms with E-state index in [0.717, 1.165) is 26.4 Å². The number of ether oxygens (including phenoxy) is 1. The molecule has 1 aliphatic heterocycles. The molecule has 0 aromatic rings. The van der Waals surface area contributed by atoms with Crippen molar-refractivity contribution in [3.8, 4) is 0 Å². The topological polar surface area (TPSA) is 30.5 Å².